The van der Waals surface area contributed by atoms with Gasteiger partial charge in [-0.3, -0.25) is 0 Å². The van der Waals surface area contributed by atoms with E-state index in [-0.39, 0.29) is 12.4 Å². The topological polar surface area (TPSA) is 61.3 Å². The molecule has 0 aliphatic heterocycles. The van der Waals surface area contributed by atoms with Crippen LogP contribution < -0.4 is 0 Å². The Hall–Kier alpha value is -1.70. The molecule has 106 valence electrons. The van der Waals surface area contributed by atoms with Crippen molar-refractivity contribution < 1.29 is 27.4 Å². The highest BCUT2D eigenvalue weighted by molar-refractivity contribution is 5.90. The number of hydrogen-bond acceptors (Lipinski definition) is 5. The van der Waals surface area contributed by atoms with Gasteiger partial charge in [0.25, 0.3) is 0 Å². The first-order chi connectivity index (χ1) is 8.81. The molecule has 0 bridgehead atoms. The van der Waals surface area contributed by atoms with E-state index >= 15 is 0 Å². The Labute approximate surface area is 107 Å². The van der Waals surface area contributed by atoms with E-state index in [1.807, 2.05) is 0 Å². The van der Waals surface area contributed by atoms with Crippen molar-refractivity contribution in [3.63, 3.8) is 0 Å². The number of esters is 1. The summed E-state index contributed by atoms with van der Waals surface area (Å²) in [6.07, 6.45) is -4.68. The van der Waals surface area contributed by atoms with Gasteiger partial charge in [-0.05, 0) is 13.8 Å². The number of ether oxygens (including phenoxy) is 2. The van der Waals surface area contributed by atoms with Crippen molar-refractivity contribution in [2.24, 2.45) is 0 Å². The molecule has 0 saturated heterocycles. The molecular formula is C11H13F3N2O3. The lowest BCUT2D eigenvalue weighted by atomic mass is 10.2. The first-order valence-electron chi connectivity index (χ1n) is 5.45. The Bertz CT molecular complexity index is 463. The molecule has 0 aliphatic carbocycles. The Morgan fingerprint density at radius 3 is 2.58 bits per heavy atom. The van der Waals surface area contributed by atoms with E-state index in [0.717, 1.165) is 6.20 Å². The standard InChI is InChI=1S/C11H13F3N2O3/c1-4-19-10(17)7-5-15-9(6(2)18-3)16-8(7)11(12,13)14/h5-6H,4H2,1-3H3. The zero-order valence-electron chi connectivity index (χ0n) is 10.6. The second-order valence-electron chi connectivity index (χ2n) is 3.59. The number of nitrogens with zero attached hydrogens (tertiary/aromatic N) is 2. The number of halogens is 3. The van der Waals surface area contributed by atoms with Gasteiger partial charge in [-0.15, -0.1) is 0 Å². The summed E-state index contributed by atoms with van der Waals surface area (Å²) < 4.78 is 48.0. The van der Waals surface area contributed by atoms with E-state index in [9.17, 15) is 18.0 Å². The molecule has 8 heteroatoms. The molecule has 5 nitrogen and oxygen atoms in total. The van der Waals surface area contributed by atoms with Crippen LogP contribution in [0.15, 0.2) is 6.20 Å². The molecule has 0 fully saturated rings. The van der Waals surface area contributed by atoms with Crippen LogP contribution in [-0.2, 0) is 15.7 Å². The molecule has 0 radical (unpaired) electrons. The summed E-state index contributed by atoms with van der Waals surface area (Å²) in [6.45, 7) is 2.96. The summed E-state index contributed by atoms with van der Waals surface area (Å²) in [7, 11) is 1.32. The van der Waals surface area contributed by atoms with Gasteiger partial charge in [-0.25, -0.2) is 14.8 Å². The van der Waals surface area contributed by atoms with Gasteiger partial charge in [-0.1, -0.05) is 0 Å². The van der Waals surface area contributed by atoms with E-state index < -0.39 is 29.5 Å². The largest absolute Gasteiger partial charge is 0.462 e. The number of methoxy groups -OCH3 is 1. The van der Waals surface area contributed by atoms with Crippen LogP contribution in [0.1, 0.15) is 41.8 Å². The highest BCUT2D eigenvalue weighted by atomic mass is 19.4. The second kappa shape index (κ2) is 5.96. The Balaban J connectivity index is 3.29. The first kappa shape index (κ1) is 15.4. The molecular weight excluding hydrogens is 265 g/mol. The normalized spacial score (nSPS) is 13.2. The lowest BCUT2D eigenvalue weighted by Crippen LogP contribution is -2.20. The van der Waals surface area contributed by atoms with E-state index in [1.165, 1.54) is 21.0 Å². The molecule has 1 rings (SSSR count). The SMILES string of the molecule is CCOC(=O)c1cnc(C(C)OC)nc1C(F)(F)F. The molecule has 1 unspecified atom stereocenters. The predicted octanol–water partition coefficient (Wildman–Crippen LogP) is 2.38. The van der Waals surface area contributed by atoms with Crippen molar-refractivity contribution in [3.8, 4) is 0 Å². The maximum absolute atomic E-state index is 12.9. The Morgan fingerprint density at radius 2 is 2.11 bits per heavy atom. The van der Waals surface area contributed by atoms with Crippen molar-refractivity contribution in [2.75, 3.05) is 13.7 Å². The average Bonchev–Trinajstić information content (AvgIpc) is 2.36. The maximum atomic E-state index is 12.9. The third-order valence-corrected chi connectivity index (χ3v) is 2.29. The summed E-state index contributed by atoms with van der Waals surface area (Å²) in [5, 5.41) is 0. The molecule has 1 atom stereocenters. The molecule has 0 N–H and O–H groups in total. The number of rotatable bonds is 4. The van der Waals surface area contributed by atoms with Gasteiger partial charge in [0.1, 0.15) is 11.7 Å². The third kappa shape index (κ3) is 3.63. The van der Waals surface area contributed by atoms with Crippen LogP contribution in [0.4, 0.5) is 13.2 Å². The van der Waals surface area contributed by atoms with Crippen LogP contribution in [-0.4, -0.2) is 29.7 Å². The molecule has 0 saturated carbocycles. The number of hydrogen-bond donors (Lipinski definition) is 0. The van der Waals surface area contributed by atoms with Gasteiger partial charge in [-0.2, -0.15) is 13.2 Å². The zero-order valence-corrected chi connectivity index (χ0v) is 10.6. The Morgan fingerprint density at radius 1 is 1.47 bits per heavy atom. The molecule has 0 aliphatic rings. The third-order valence-electron chi connectivity index (χ3n) is 2.29. The lowest BCUT2D eigenvalue weighted by Gasteiger charge is -2.14. The molecule has 0 spiro atoms. The minimum absolute atomic E-state index is 0.0354. The summed E-state index contributed by atoms with van der Waals surface area (Å²) in [5.41, 5.74) is -2.03. The van der Waals surface area contributed by atoms with Crippen molar-refractivity contribution in [3.05, 3.63) is 23.3 Å². The molecule has 1 heterocycles. The zero-order chi connectivity index (χ0) is 14.6. The van der Waals surface area contributed by atoms with Gasteiger partial charge in [0, 0.05) is 13.3 Å². The van der Waals surface area contributed by atoms with Crippen LogP contribution in [0, 0.1) is 0 Å². The fourth-order valence-corrected chi connectivity index (χ4v) is 1.27. The van der Waals surface area contributed by atoms with Crippen molar-refractivity contribution in [2.45, 2.75) is 26.1 Å². The Kier molecular flexibility index (Phi) is 4.82. The highest BCUT2D eigenvalue weighted by Crippen LogP contribution is 2.31. The fourth-order valence-electron chi connectivity index (χ4n) is 1.27. The average molecular weight is 278 g/mol. The minimum Gasteiger partial charge on any atom is -0.462 e. The number of aromatic nitrogens is 2. The van der Waals surface area contributed by atoms with Gasteiger partial charge < -0.3 is 9.47 Å². The number of alkyl halides is 3. The monoisotopic (exact) mass is 278 g/mol. The van der Waals surface area contributed by atoms with Crippen LogP contribution in [0.2, 0.25) is 0 Å². The molecule has 0 aromatic carbocycles. The molecule has 1 aromatic rings. The van der Waals surface area contributed by atoms with Crippen molar-refractivity contribution >= 4 is 5.97 Å². The highest BCUT2D eigenvalue weighted by Gasteiger charge is 2.38. The van der Waals surface area contributed by atoms with Gasteiger partial charge in [0.15, 0.2) is 11.5 Å². The van der Waals surface area contributed by atoms with E-state index in [1.54, 1.807) is 0 Å². The number of carbonyl (C=O) groups is 1. The summed E-state index contributed by atoms with van der Waals surface area (Å²) in [6, 6.07) is 0. The lowest BCUT2D eigenvalue weighted by molar-refractivity contribution is -0.142. The summed E-state index contributed by atoms with van der Waals surface area (Å²) >= 11 is 0. The minimum atomic E-state index is -4.77. The molecule has 1 aromatic heterocycles. The predicted molar refractivity (Wildman–Crippen MR) is 58.4 cm³/mol. The maximum Gasteiger partial charge on any atom is 0.434 e. The summed E-state index contributed by atoms with van der Waals surface area (Å²) in [5.74, 6) is -1.26. The van der Waals surface area contributed by atoms with Crippen LogP contribution >= 0.6 is 0 Å². The quantitative estimate of drug-likeness (QED) is 0.791. The fraction of sp³-hybridized carbons (Fsp3) is 0.545. The smallest absolute Gasteiger partial charge is 0.434 e. The van der Waals surface area contributed by atoms with Gasteiger partial charge in [0.05, 0.1) is 6.61 Å². The van der Waals surface area contributed by atoms with Crippen molar-refractivity contribution in [1.29, 1.82) is 0 Å². The molecule has 19 heavy (non-hydrogen) atoms. The second-order valence-corrected chi connectivity index (χ2v) is 3.59. The van der Waals surface area contributed by atoms with Gasteiger partial charge >= 0.3 is 12.1 Å². The van der Waals surface area contributed by atoms with Crippen molar-refractivity contribution in [1.82, 2.24) is 9.97 Å². The van der Waals surface area contributed by atoms with Gasteiger partial charge in [0.2, 0.25) is 0 Å². The van der Waals surface area contributed by atoms with E-state index in [4.69, 9.17) is 4.74 Å². The number of carbonyl (C=O) groups excluding carboxylic acids is 1. The molecule has 0 amide bonds. The first-order valence-corrected chi connectivity index (χ1v) is 5.45. The van der Waals surface area contributed by atoms with Crippen LogP contribution in [0.5, 0.6) is 0 Å². The van der Waals surface area contributed by atoms with E-state index in [0.29, 0.717) is 0 Å². The van der Waals surface area contributed by atoms with Crippen LogP contribution in [0.3, 0.4) is 0 Å². The summed E-state index contributed by atoms with van der Waals surface area (Å²) in [4.78, 5) is 18.5. The van der Waals surface area contributed by atoms with E-state index in [2.05, 4.69) is 14.7 Å². The van der Waals surface area contributed by atoms with Crippen LogP contribution in [0.25, 0.3) is 0 Å².